The highest BCUT2D eigenvalue weighted by Crippen LogP contribution is 2.43. The minimum atomic E-state index is -0.419. The molecule has 102 valence electrons. The summed E-state index contributed by atoms with van der Waals surface area (Å²) in [6, 6.07) is 0. The maximum atomic E-state index is 11.9. The van der Waals surface area contributed by atoms with Gasteiger partial charge < -0.3 is 4.74 Å². The zero-order valence-corrected chi connectivity index (χ0v) is 13.5. The van der Waals surface area contributed by atoms with Crippen molar-refractivity contribution in [1.29, 1.82) is 0 Å². The van der Waals surface area contributed by atoms with Crippen molar-refractivity contribution < 1.29 is 9.53 Å². The van der Waals surface area contributed by atoms with E-state index in [0.717, 1.165) is 6.42 Å². The topological polar surface area (TPSA) is 26.3 Å². The van der Waals surface area contributed by atoms with Crippen LogP contribution in [-0.2, 0) is 9.53 Å². The minimum Gasteiger partial charge on any atom is -0.466 e. The Labute approximate surface area is 111 Å². The van der Waals surface area contributed by atoms with Gasteiger partial charge in [0, 0.05) is 9.49 Å². The molecule has 0 amide bonds. The third-order valence-corrected chi connectivity index (χ3v) is 3.59. The second kappa shape index (κ2) is 5.64. The van der Waals surface area contributed by atoms with Gasteiger partial charge in [-0.05, 0) is 27.2 Å². The summed E-state index contributed by atoms with van der Waals surface area (Å²) in [4.78, 5) is 11.9. The molecule has 2 nitrogen and oxygen atoms in total. The van der Waals surface area contributed by atoms with Crippen molar-refractivity contribution in [3.8, 4) is 0 Å². The number of esters is 1. The van der Waals surface area contributed by atoms with E-state index in [1.165, 1.54) is 0 Å². The van der Waals surface area contributed by atoms with Crippen LogP contribution in [0, 0.1) is 5.41 Å². The lowest BCUT2D eigenvalue weighted by molar-refractivity contribution is -0.154. The predicted octanol–water partition coefficient (Wildman–Crippen LogP) is 4.28. The van der Waals surface area contributed by atoms with Crippen LogP contribution in [0.1, 0.15) is 61.8 Å². The van der Waals surface area contributed by atoms with E-state index in [2.05, 4.69) is 34.6 Å². The van der Waals surface area contributed by atoms with Gasteiger partial charge in [-0.25, -0.2) is 0 Å². The Morgan fingerprint density at radius 3 is 1.88 bits per heavy atom. The standard InChI is InChI=1S/C14H28O2S/c1-9-16-11(15)13(5,6)10-14(7,8)17-12(2,3)4/h9-10H2,1-8H3. The number of rotatable bonds is 5. The molecule has 0 aromatic heterocycles. The first-order valence-electron chi connectivity index (χ1n) is 6.27. The first kappa shape index (κ1) is 16.8. The third kappa shape index (κ3) is 6.97. The monoisotopic (exact) mass is 260 g/mol. The maximum Gasteiger partial charge on any atom is 0.311 e. The van der Waals surface area contributed by atoms with Gasteiger partial charge in [-0.2, -0.15) is 0 Å². The van der Waals surface area contributed by atoms with E-state index in [1.807, 2.05) is 32.5 Å². The largest absolute Gasteiger partial charge is 0.466 e. The molecule has 0 aliphatic heterocycles. The molecule has 0 N–H and O–H groups in total. The molecular formula is C14H28O2S. The van der Waals surface area contributed by atoms with E-state index < -0.39 is 5.41 Å². The molecule has 0 aliphatic rings. The van der Waals surface area contributed by atoms with E-state index >= 15 is 0 Å². The van der Waals surface area contributed by atoms with Crippen molar-refractivity contribution in [1.82, 2.24) is 0 Å². The molecule has 0 saturated heterocycles. The summed E-state index contributed by atoms with van der Waals surface area (Å²) >= 11 is 1.91. The van der Waals surface area contributed by atoms with Crippen LogP contribution in [0.25, 0.3) is 0 Å². The molecule has 0 bridgehead atoms. The molecular weight excluding hydrogens is 232 g/mol. The predicted molar refractivity (Wildman–Crippen MR) is 76.5 cm³/mol. The van der Waals surface area contributed by atoms with E-state index in [-0.39, 0.29) is 15.5 Å². The Morgan fingerprint density at radius 1 is 1.06 bits per heavy atom. The molecule has 0 saturated carbocycles. The summed E-state index contributed by atoms with van der Waals surface area (Å²) in [5.74, 6) is -0.0948. The van der Waals surface area contributed by atoms with Crippen LogP contribution in [-0.4, -0.2) is 22.1 Å². The maximum absolute atomic E-state index is 11.9. The Kier molecular flexibility index (Phi) is 5.58. The lowest BCUT2D eigenvalue weighted by Crippen LogP contribution is -2.35. The Morgan fingerprint density at radius 2 is 1.53 bits per heavy atom. The van der Waals surface area contributed by atoms with Gasteiger partial charge >= 0.3 is 5.97 Å². The van der Waals surface area contributed by atoms with Gasteiger partial charge in [-0.15, -0.1) is 11.8 Å². The van der Waals surface area contributed by atoms with Crippen molar-refractivity contribution in [2.75, 3.05) is 6.61 Å². The summed E-state index contributed by atoms with van der Waals surface area (Å²) in [5, 5.41) is 0. The van der Waals surface area contributed by atoms with Crippen molar-refractivity contribution in [2.24, 2.45) is 5.41 Å². The van der Waals surface area contributed by atoms with Crippen LogP contribution in [0.3, 0.4) is 0 Å². The fourth-order valence-electron chi connectivity index (χ4n) is 2.33. The number of carbonyl (C=O) groups excluding carboxylic acids is 1. The van der Waals surface area contributed by atoms with Gasteiger partial charge in [0.25, 0.3) is 0 Å². The molecule has 0 aromatic rings. The van der Waals surface area contributed by atoms with Gasteiger partial charge in [0.1, 0.15) is 0 Å². The van der Waals surface area contributed by atoms with Gasteiger partial charge in [-0.1, -0.05) is 34.6 Å². The van der Waals surface area contributed by atoms with Crippen molar-refractivity contribution in [2.45, 2.75) is 71.3 Å². The molecule has 0 rings (SSSR count). The van der Waals surface area contributed by atoms with Crippen LogP contribution < -0.4 is 0 Å². The summed E-state index contributed by atoms with van der Waals surface area (Å²) in [7, 11) is 0. The third-order valence-electron chi connectivity index (χ3n) is 2.28. The molecule has 0 heterocycles. The number of thioether (sulfide) groups is 1. The normalized spacial score (nSPS) is 13.6. The van der Waals surface area contributed by atoms with E-state index in [4.69, 9.17) is 4.74 Å². The van der Waals surface area contributed by atoms with Crippen LogP contribution in [0.5, 0.6) is 0 Å². The zero-order valence-electron chi connectivity index (χ0n) is 12.6. The first-order valence-corrected chi connectivity index (χ1v) is 7.09. The molecule has 0 fully saturated rings. The second-order valence-corrected chi connectivity index (χ2v) is 9.29. The molecule has 0 aromatic carbocycles. The van der Waals surface area contributed by atoms with Crippen LogP contribution in [0.2, 0.25) is 0 Å². The second-order valence-electron chi connectivity index (χ2n) is 6.76. The lowest BCUT2D eigenvalue weighted by Gasteiger charge is -2.37. The van der Waals surface area contributed by atoms with Crippen molar-refractivity contribution in [3.63, 3.8) is 0 Å². The van der Waals surface area contributed by atoms with Gasteiger partial charge in [0.05, 0.1) is 12.0 Å². The SMILES string of the molecule is CCOC(=O)C(C)(C)CC(C)(C)SC(C)(C)C. The van der Waals surface area contributed by atoms with Crippen LogP contribution in [0.4, 0.5) is 0 Å². The molecule has 0 unspecified atom stereocenters. The summed E-state index contributed by atoms with van der Waals surface area (Å²) in [6.07, 6.45) is 0.820. The molecule has 17 heavy (non-hydrogen) atoms. The zero-order chi connectivity index (χ0) is 13.9. The molecule has 0 spiro atoms. The highest BCUT2D eigenvalue weighted by atomic mass is 32.2. The summed E-state index contributed by atoms with van der Waals surface area (Å²) < 4.78 is 5.40. The Bertz CT molecular complexity index is 262. The van der Waals surface area contributed by atoms with Crippen LogP contribution >= 0.6 is 11.8 Å². The quantitative estimate of drug-likeness (QED) is 0.690. The molecule has 0 radical (unpaired) electrons. The van der Waals surface area contributed by atoms with E-state index in [0.29, 0.717) is 6.61 Å². The molecule has 3 heteroatoms. The first-order chi connectivity index (χ1) is 7.40. The number of carbonyl (C=O) groups is 1. The average molecular weight is 260 g/mol. The summed E-state index contributed by atoms with van der Waals surface area (Å²) in [5.41, 5.74) is -0.419. The Balaban J connectivity index is 4.64. The highest BCUT2D eigenvalue weighted by molar-refractivity contribution is 8.01. The highest BCUT2D eigenvalue weighted by Gasteiger charge is 2.38. The minimum absolute atomic E-state index is 0.0640. The number of ether oxygens (including phenoxy) is 1. The fraction of sp³-hybridized carbons (Fsp3) is 0.929. The van der Waals surface area contributed by atoms with Crippen LogP contribution in [0.15, 0.2) is 0 Å². The molecule has 0 atom stereocenters. The summed E-state index contributed by atoms with van der Waals surface area (Å²) in [6.45, 7) is 17.3. The van der Waals surface area contributed by atoms with Gasteiger partial charge in [0.2, 0.25) is 0 Å². The number of hydrogen-bond acceptors (Lipinski definition) is 3. The average Bonchev–Trinajstić information content (AvgIpc) is 1.96. The van der Waals surface area contributed by atoms with E-state index in [1.54, 1.807) is 0 Å². The van der Waals surface area contributed by atoms with E-state index in [9.17, 15) is 4.79 Å². The number of hydrogen-bond donors (Lipinski definition) is 0. The lowest BCUT2D eigenvalue weighted by atomic mass is 9.83. The Hall–Kier alpha value is -0.180. The van der Waals surface area contributed by atoms with Gasteiger partial charge in [-0.3, -0.25) is 4.79 Å². The van der Waals surface area contributed by atoms with Crippen molar-refractivity contribution in [3.05, 3.63) is 0 Å². The molecule has 0 aliphatic carbocycles. The van der Waals surface area contributed by atoms with Crippen molar-refractivity contribution >= 4 is 17.7 Å². The van der Waals surface area contributed by atoms with Gasteiger partial charge in [0.15, 0.2) is 0 Å². The smallest absolute Gasteiger partial charge is 0.311 e. The fourth-order valence-corrected chi connectivity index (χ4v) is 4.42.